The summed E-state index contributed by atoms with van der Waals surface area (Å²) in [7, 11) is 0. The Kier molecular flexibility index (Phi) is 5.39. The number of rotatable bonds is 5. The van der Waals surface area contributed by atoms with Crippen LogP contribution in [0.4, 0.5) is 4.39 Å². The fourth-order valence-electron chi connectivity index (χ4n) is 3.27. The minimum absolute atomic E-state index is 0.00176. The van der Waals surface area contributed by atoms with E-state index >= 15 is 0 Å². The van der Waals surface area contributed by atoms with Crippen LogP contribution in [0.1, 0.15) is 45.1 Å². The molecule has 0 aliphatic heterocycles. The van der Waals surface area contributed by atoms with Crippen LogP contribution in [0.2, 0.25) is 5.02 Å². The lowest BCUT2D eigenvalue weighted by molar-refractivity contribution is -0.150. The zero-order chi connectivity index (χ0) is 15.5. The van der Waals surface area contributed by atoms with Gasteiger partial charge >= 0.3 is 0 Å². The van der Waals surface area contributed by atoms with Crippen molar-refractivity contribution in [2.45, 2.75) is 51.6 Å². The van der Waals surface area contributed by atoms with Crippen LogP contribution in [0.25, 0.3) is 0 Å². The van der Waals surface area contributed by atoms with Gasteiger partial charge in [0.05, 0.1) is 0 Å². The van der Waals surface area contributed by atoms with E-state index < -0.39 is 11.4 Å². The minimum Gasteiger partial charge on any atom is -0.367 e. The van der Waals surface area contributed by atoms with E-state index in [-0.39, 0.29) is 17.8 Å². The fraction of sp³-hybridized carbons (Fsp3) is 0.588. The van der Waals surface area contributed by atoms with Gasteiger partial charge in [0.15, 0.2) is 5.78 Å². The first-order chi connectivity index (χ1) is 9.98. The van der Waals surface area contributed by atoms with Gasteiger partial charge in [-0.25, -0.2) is 4.39 Å². The van der Waals surface area contributed by atoms with Crippen molar-refractivity contribution in [3.63, 3.8) is 0 Å². The molecule has 0 saturated heterocycles. The molecule has 0 radical (unpaired) electrons. The maximum atomic E-state index is 13.9. The Morgan fingerprint density at radius 3 is 2.90 bits per heavy atom. The van der Waals surface area contributed by atoms with Crippen molar-refractivity contribution in [1.29, 1.82) is 0 Å². The second-order valence-electron chi connectivity index (χ2n) is 5.93. The number of halogens is 2. The van der Waals surface area contributed by atoms with Crippen molar-refractivity contribution < 1.29 is 13.9 Å². The van der Waals surface area contributed by atoms with Gasteiger partial charge in [0, 0.05) is 23.6 Å². The average molecular weight is 313 g/mol. The number of carbonyl (C=O) groups excluding carboxylic acids is 1. The highest BCUT2D eigenvalue weighted by Gasteiger charge is 2.42. The van der Waals surface area contributed by atoms with Gasteiger partial charge in [-0.1, -0.05) is 31.0 Å². The van der Waals surface area contributed by atoms with E-state index in [1.165, 1.54) is 6.07 Å². The summed E-state index contributed by atoms with van der Waals surface area (Å²) in [5.74, 6) is -0.0281. The quantitative estimate of drug-likeness (QED) is 0.795. The first kappa shape index (κ1) is 16.4. The van der Waals surface area contributed by atoms with Gasteiger partial charge < -0.3 is 4.74 Å². The van der Waals surface area contributed by atoms with E-state index in [4.69, 9.17) is 16.3 Å². The monoisotopic (exact) mass is 312 g/mol. The summed E-state index contributed by atoms with van der Waals surface area (Å²) in [5.41, 5.74) is -0.487. The predicted octanol–water partition coefficient (Wildman–Crippen LogP) is 4.58. The van der Waals surface area contributed by atoms with Crippen LogP contribution in [0.5, 0.6) is 0 Å². The molecule has 0 amide bonds. The van der Waals surface area contributed by atoms with Crippen molar-refractivity contribution in [2.24, 2.45) is 5.92 Å². The summed E-state index contributed by atoms with van der Waals surface area (Å²) in [6, 6.07) is 4.50. The fourth-order valence-corrected chi connectivity index (χ4v) is 3.50. The molecule has 2 rings (SSSR count). The molecule has 0 spiro atoms. The molecule has 1 aliphatic carbocycles. The zero-order valence-electron chi connectivity index (χ0n) is 12.6. The van der Waals surface area contributed by atoms with E-state index in [0.717, 1.165) is 19.3 Å². The normalized spacial score (nSPS) is 25.8. The van der Waals surface area contributed by atoms with Crippen molar-refractivity contribution in [2.75, 3.05) is 6.61 Å². The first-order valence-electron chi connectivity index (χ1n) is 7.58. The van der Waals surface area contributed by atoms with Crippen molar-refractivity contribution in [3.8, 4) is 0 Å². The number of ether oxygens (including phenoxy) is 1. The number of ketones is 1. The Balaban J connectivity index is 2.23. The molecule has 2 unspecified atom stereocenters. The Morgan fingerprint density at radius 1 is 1.52 bits per heavy atom. The van der Waals surface area contributed by atoms with Gasteiger partial charge in [-0.3, -0.25) is 4.79 Å². The lowest BCUT2D eigenvalue weighted by atomic mass is 9.75. The molecule has 0 heterocycles. The highest BCUT2D eigenvalue weighted by atomic mass is 35.5. The van der Waals surface area contributed by atoms with Crippen molar-refractivity contribution in [3.05, 3.63) is 34.6 Å². The zero-order valence-corrected chi connectivity index (χ0v) is 13.4. The second-order valence-corrected chi connectivity index (χ2v) is 6.34. The van der Waals surface area contributed by atoms with Gasteiger partial charge in [0.1, 0.15) is 11.4 Å². The largest absolute Gasteiger partial charge is 0.367 e. The Hall–Kier alpha value is -0.930. The molecule has 1 aliphatic rings. The minimum atomic E-state index is -0.766. The summed E-state index contributed by atoms with van der Waals surface area (Å²) in [4.78, 5) is 12.8. The topological polar surface area (TPSA) is 26.3 Å². The molecule has 4 heteroatoms. The molecular formula is C17H22ClFO2. The molecule has 116 valence electrons. The van der Waals surface area contributed by atoms with Gasteiger partial charge in [0.25, 0.3) is 0 Å². The van der Waals surface area contributed by atoms with E-state index in [9.17, 15) is 9.18 Å². The highest BCUT2D eigenvalue weighted by Crippen LogP contribution is 2.37. The summed E-state index contributed by atoms with van der Waals surface area (Å²) >= 11 is 6.03. The van der Waals surface area contributed by atoms with Crippen LogP contribution in [0.15, 0.2) is 18.2 Å². The Morgan fingerprint density at radius 2 is 2.29 bits per heavy atom. The SMILES string of the molecule is CCOC1(C(=O)Cc2c(F)cccc2Cl)CCCC(C)C1. The maximum absolute atomic E-state index is 13.9. The molecule has 1 aromatic rings. The molecule has 0 N–H and O–H groups in total. The molecule has 2 atom stereocenters. The number of Topliss-reactive ketones (excluding diaryl/α,β-unsaturated/α-hetero) is 1. The highest BCUT2D eigenvalue weighted by molar-refractivity contribution is 6.31. The van der Waals surface area contributed by atoms with E-state index in [1.54, 1.807) is 12.1 Å². The molecule has 1 fully saturated rings. The molecular weight excluding hydrogens is 291 g/mol. The third-order valence-electron chi connectivity index (χ3n) is 4.28. The number of benzene rings is 1. The van der Waals surface area contributed by atoms with Crippen LogP contribution in [-0.4, -0.2) is 18.0 Å². The Labute approximate surface area is 130 Å². The first-order valence-corrected chi connectivity index (χ1v) is 7.96. The summed E-state index contributed by atoms with van der Waals surface area (Å²) in [5, 5.41) is 0.304. The van der Waals surface area contributed by atoms with Gasteiger partial charge in [-0.15, -0.1) is 0 Å². The third kappa shape index (κ3) is 3.64. The van der Waals surface area contributed by atoms with E-state index in [1.807, 2.05) is 6.92 Å². The average Bonchev–Trinajstić information content (AvgIpc) is 2.43. The van der Waals surface area contributed by atoms with Gasteiger partial charge in [-0.2, -0.15) is 0 Å². The number of hydrogen-bond donors (Lipinski definition) is 0. The molecule has 2 nitrogen and oxygen atoms in total. The number of hydrogen-bond acceptors (Lipinski definition) is 2. The molecule has 0 bridgehead atoms. The van der Waals surface area contributed by atoms with E-state index in [0.29, 0.717) is 24.0 Å². The summed E-state index contributed by atoms with van der Waals surface area (Å²) < 4.78 is 19.7. The van der Waals surface area contributed by atoms with Crippen LogP contribution < -0.4 is 0 Å². The standard InChI is InChI=1S/C17H22ClFO2/c1-3-21-17(9-5-6-12(2)11-17)16(20)10-13-14(18)7-4-8-15(13)19/h4,7-8,12H,3,5-6,9-11H2,1-2H3. The molecule has 1 saturated carbocycles. The van der Waals surface area contributed by atoms with E-state index in [2.05, 4.69) is 6.92 Å². The maximum Gasteiger partial charge on any atom is 0.169 e. The second kappa shape index (κ2) is 6.89. The van der Waals surface area contributed by atoms with Crippen LogP contribution in [-0.2, 0) is 16.0 Å². The Bertz CT molecular complexity index is 493. The van der Waals surface area contributed by atoms with Crippen molar-refractivity contribution >= 4 is 17.4 Å². The van der Waals surface area contributed by atoms with Crippen molar-refractivity contribution in [1.82, 2.24) is 0 Å². The van der Waals surface area contributed by atoms with Crippen LogP contribution in [0, 0.1) is 11.7 Å². The van der Waals surface area contributed by atoms with Crippen LogP contribution in [0.3, 0.4) is 0 Å². The van der Waals surface area contributed by atoms with Crippen LogP contribution >= 0.6 is 11.6 Å². The lowest BCUT2D eigenvalue weighted by Gasteiger charge is -2.38. The third-order valence-corrected chi connectivity index (χ3v) is 4.64. The molecule has 1 aromatic carbocycles. The summed E-state index contributed by atoms with van der Waals surface area (Å²) in [6.07, 6.45) is 3.51. The molecule has 0 aromatic heterocycles. The smallest absolute Gasteiger partial charge is 0.169 e. The van der Waals surface area contributed by atoms with Gasteiger partial charge in [0.2, 0.25) is 0 Å². The predicted molar refractivity (Wildman–Crippen MR) is 82.1 cm³/mol. The van der Waals surface area contributed by atoms with Gasteiger partial charge in [-0.05, 0) is 44.2 Å². The lowest BCUT2D eigenvalue weighted by Crippen LogP contribution is -2.46. The number of carbonyl (C=O) groups is 1. The summed E-state index contributed by atoms with van der Waals surface area (Å²) in [6.45, 7) is 4.52. The molecule has 21 heavy (non-hydrogen) atoms.